The Morgan fingerprint density at radius 2 is 1.96 bits per heavy atom. The third-order valence-corrected chi connectivity index (χ3v) is 4.27. The van der Waals surface area contributed by atoms with Crippen LogP contribution in [0.5, 0.6) is 5.75 Å². The lowest BCUT2D eigenvalue weighted by Crippen LogP contribution is -2.21. The summed E-state index contributed by atoms with van der Waals surface area (Å²) in [5, 5.41) is 3.80. The van der Waals surface area contributed by atoms with Gasteiger partial charge in [-0.25, -0.2) is 0 Å². The monoisotopic (exact) mass is 366 g/mol. The first-order valence-corrected chi connectivity index (χ1v) is 8.72. The number of carbonyl (C=O) groups excluding carboxylic acids is 2. The Morgan fingerprint density at radius 1 is 1.15 bits per heavy atom. The molecule has 6 heteroatoms. The number of anilines is 1. The van der Waals surface area contributed by atoms with Crippen molar-refractivity contribution in [2.75, 3.05) is 19.0 Å². The zero-order valence-electron chi connectivity index (χ0n) is 15.4. The molecule has 0 radical (unpaired) electrons. The highest BCUT2D eigenvalue weighted by atomic mass is 16.5. The number of rotatable bonds is 7. The van der Waals surface area contributed by atoms with Gasteiger partial charge in [0.25, 0.3) is 5.91 Å². The highest BCUT2D eigenvalue weighted by Gasteiger charge is 2.12. The molecule has 0 atom stereocenters. The van der Waals surface area contributed by atoms with Crippen molar-refractivity contribution in [3.8, 4) is 5.75 Å². The van der Waals surface area contributed by atoms with E-state index in [2.05, 4.69) is 10.3 Å². The molecule has 140 valence electrons. The van der Waals surface area contributed by atoms with Crippen molar-refractivity contribution >= 4 is 28.5 Å². The van der Waals surface area contributed by atoms with Crippen LogP contribution in [0.3, 0.4) is 0 Å². The molecular weight excluding hydrogens is 344 g/mol. The Morgan fingerprint density at radius 3 is 2.78 bits per heavy atom. The molecular formula is C21H22N2O4. The van der Waals surface area contributed by atoms with Crippen molar-refractivity contribution in [3.05, 3.63) is 59.8 Å². The predicted molar refractivity (Wildman–Crippen MR) is 104 cm³/mol. The molecule has 0 aliphatic carbocycles. The lowest BCUT2D eigenvalue weighted by Gasteiger charge is -2.11. The van der Waals surface area contributed by atoms with E-state index in [0.29, 0.717) is 17.9 Å². The number of H-pyrrole nitrogens is 1. The molecule has 0 saturated heterocycles. The van der Waals surface area contributed by atoms with Crippen LogP contribution in [0, 0.1) is 6.92 Å². The molecule has 0 aliphatic heterocycles. The fourth-order valence-corrected chi connectivity index (χ4v) is 2.90. The zero-order chi connectivity index (χ0) is 19.2. The van der Waals surface area contributed by atoms with Gasteiger partial charge < -0.3 is 19.8 Å². The van der Waals surface area contributed by atoms with Crippen LogP contribution in [0.25, 0.3) is 10.9 Å². The van der Waals surface area contributed by atoms with Crippen molar-refractivity contribution in [1.29, 1.82) is 0 Å². The number of ether oxygens (including phenoxy) is 2. The maximum absolute atomic E-state index is 12.1. The molecule has 1 amide bonds. The lowest BCUT2D eigenvalue weighted by atomic mass is 10.1. The van der Waals surface area contributed by atoms with Crippen LogP contribution in [0.2, 0.25) is 0 Å². The van der Waals surface area contributed by atoms with E-state index >= 15 is 0 Å². The number of fused-ring (bicyclic) bond motifs is 1. The van der Waals surface area contributed by atoms with Crippen molar-refractivity contribution < 1.29 is 19.1 Å². The van der Waals surface area contributed by atoms with E-state index in [4.69, 9.17) is 9.47 Å². The highest BCUT2D eigenvalue weighted by Crippen LogP contribution is 2.25. The summed E-state index contributed by atoms with van der Waals surface area (Å²) in [6.45, 7) is 1.59. The van der Waals surface area contributed by atoms with E-state index in [9.17, 15) is 9.59 Å². The first-order valence-electron chi connectivity index (χ1n) is 8.72. The predicted octanol–water partition coefficient (Wildman–Crippen LogP) is 3.60. The molecule has 3 rings (SSSR count). The normalized spacial score (nSPS) is 10.6. The minimum absolute atomic E-state index is 0.211. The number of aromatic amines is 1. The van der Waals surface area contributed by atoms with Gasteiger partial charge in [0.05, 0.1) is 12.8 Å². The average Bonchev–Trinajstić information content (AvgIpc) is 3.08. The number of hydrogen-bond acceptors (Lipinski definition) is 4. The van der Waals surface area contributed by atoms with Crippen LogP contribution >= 0.6 is 0 Å². The van der Waals surface area contributed by atoms with Gasteiger partial charge in [-0.05, 0) is 42.7 Å². The number of methoxy groups -OCH3 is 1. The number of benzene rings is 2. The second-order valence-corrected chi connectivity index (χ2v) is 6.27. The SMILES string of the molecule is COc1ccc(C)cc1NC(=O)COC(=O)CCc1c[nH]c2ccccc12. The topological polar surface area (TPSA) is 80.4 Å². The summed E-state index contributed by atoms with van der Waals surface area (Å²) in [6.07, 6.45) is 2.66. The summed E-state index contributed by atoms with van der Waals surface area (Å²) in [4.78, 5) is 27.2. The molecule has 6 nitrogen and oxygen atoms in total. The Balaban J connectivity index is 1.49. The van der Waals surface area contributed by atoms with Crippen LogP contribution in [0.15, 0.2) is 48.7 Å². The summed E-state index contributed by atoms with van der Waals surface area (Å²) in [5.74, 6) is -0.259. The second kappa shape index (κ2) is 8.40. The van der Waals surface area contributed by atoms with Gasteiger partial charge in [0.1, 0.15) is 5.75 Å². The van der Waals surface area contributed by atoms with Gasteiger partial charge in [0, 0.05) is 23.5 Å². The average molecular weight is 366 g/mol. The number of aromatic nitrogens is 1. The molecule has 27 heavy (non-hydrogen) atoms. The largest absolute Gasteiger partial charge is 0.495 e. The fraction of sp³-hybridized carbons (Fsp3) is 0.238. The third-order valence-electron chi connectivity index (χ3n) is 4.27. The van der Waals surface area contributed by atoms with Gasteiger partial charge in [0.15, 0.2) is 6.61 Å². The van der Waals surface area contributed by atoms with Gasteiger partial charge in [0.2, 0.25) is 0 Å². The van der Waals surface area contributed by atoms with Crippen molar-refractivity contribution in [3.63, 3.8) is 0 Å². The maximum atomic E-state index is 12.1. The number of aryl methyl sites for hydroxylation is 2. The smallest absolute Gasteiger partial charge is 0.306 e. The van der Waals surface area contributed by atoms with Crippen LogP contribution < -0.4 is 10.1 Å². The van der Waals surface area contributed by atoms with Crippen LogP contribution in [-0.2, 0) is 20.7 Å². The van der Waals surface area contributed by atoms with Crippen LogP contribution in [-0.4, -0.2) is 30.6 Å². The molecule has 0 aliphatic rings. The first kappa shape index (κ1) is 18.5. The number of hydrogen-bond donors (Lipinski definition) is 2. The number of nitrogens with one attached hydrogen (secondary N) is 2. The Kier molecular flexibility index (Phi) is 5.76. The molecule has 1 aromatic heterocycles. The van der Waals surface area contributed by atoms with E-state index < -0.39 is 11.9 Å². The van der Waals surface area contributed by atoms with Crippen molar-refractivity contribution in [2.45, 2.75) is 19.8 Å². The van der Waals surface area contributed by atoms with Gasteiger partial charge in [-0.3, -0.25) is 9.59 Å². The van der Waals surface area contributed by atoms with E-state index in [1.54, 1.807) is 12.1 Å². The molecule has 0 unspecified atom stereocenters. The summed E-state index contributed by atoms with van der Waals surface area (Å²) in [6, 6.07) is 13.4. The number of carbonyl (C=O) groups is 2. The number of para-hydroxylation sites is 1. The van der Waals surface area contributed by atoms with E-state index in [1.807, 2.05) is 43.5 Å². The molecule has 0 bridgehead atoms. The van der Waals surface area contributed by atoms with Crippen molar-refractivity contribution in [1.82, 2.24) is 4.98 Å². The highest BCUT2D eigenvalue weighted by molar-refractivity contribution is 5.94. The van der Waals surface area contributed by atoms with Gasteiger partial charge in [-0.2, -0.15) is 0 Å². The fourth-order valence-electron chi connectivity index (χ4n) is 2.90. The molecule has 0 fully saturated rings. The van der Waals surface area contributed by atoms with E-state index in [-0.39, 0.29) is 13.0 Å². The van der Waals surface area contributed by atoms with Gasteiger partial charge in [-0.1, -0.05) is 24.3 Å². The minimum Gasteiger partial charge on any atom is -0.495 e. The quantitative estimate of drug-likeness (QED) is 0.626. The Hall–Kier alpha value is -3.28. The van der Waals surface area contributed by atoms with Crippen LogP contribution in [0.1, 0.15) is 17.5 Å². The summed E-state index contributed by atoms with van der Waals surface area (Å²) in [7, 11) is 1.53. The lowest BCUT2D eigenvalue weighted by molar-refractivity contribution is -0.147. The second-order valence-electron chi connectivity index (χ2n) is 6.27. The van der Waals surface area contributed by atoms with Crippen LogP contribution in [0.4, 0.5) is 5.69 Å². The molecule has 2 aromatic carbocycles. The van der Waals surface area contributed by atoms with Crippen molar-refractivity contribution in [2.24, 2.45) is 0 Å². The number of esters is 1. The Bertz CT molecular complexity index is 962. The van der Waals surface area contributed by atoms with Gasteiger partial charge >= 0.3 is 5.97 Å². The molecule has 1 heterocycles. The Labute approximate surface area is 157 Å². The molecule has 2 N–H and O–H groups in total. The zero-order valence-corrected chi connectivity index (χ0v) is 15.4. The molecule has 0 spiro atoms. The van der Waals surface area contributed by atoms with Gasteiger partial charge in [-0.15, -0.1) is 0 Å². The summed E-state index contributed by atoms with van der Waals surface area (Å²) in [5.41, 5.74) is 3.63. The molecule has 0 saturated carbocycles. The summed E-state index contributed by atoms with van der Waals surface area (Å²) < 4.78 is 10.3. The molecule has 3 aromatic rings. The third kappa shape index (κ3) is 4.67. The first-order chi connectivity index (χ1) is 13.1. The van der Waals surface area contributed by atoms with E-state index in [0.717, 1.165) is 22.0 Å². The van der Waals surface area contributed by atoms with E-state index in [1.165, 1.54) is 7.11 Å². The summed E-state index contributed by atoms with van der Waals surface area (Å²) >= 11 is 0. The number of amides is 1. The standard InChI is InChI=1S/C21H22N2O4/c1-14-7-9-19(26-2)18(11-14)23-20(24)13-27-21(25)10-8-15-12-22-17-6-4-3-5-16(15)17/h3-7,9,11-12,22H,8,10,13H2,1-2H3,(H,23,24). The minimum atomic E-state index is -0.411. The maximum Gasteiger partial charge on any atom is 0.306 e.